The highest BCUT2D eigenvalue weighted by molar-refractivity contribution is 5.78. The molecule has 2 aromatic rings. The Labute approximate surface area is 143 Å². The molecule has 24 heavy (non-hydrogen) atoms. The van der Waals surface area contributed by atoms with Crippen molar-refractivity contribution in [1.29, 1.82) is 0 Å². The lowest BCUT2D eigenvalue weighted by Crippen LogP contribution is -2.39. The van der Waals surface area contributed by atoms with Gasteiger partial charge in [-0.05, 0) is 37.0 Å². The van der Waals surface area contributed by atoms with E-state index in [-0.39, 0.29) is 18.6 Å². The van der Waals surface area contributed by atoms with Gasteiger partial charge in [0.05, 0.1) is 7.11 Å². The third-order valence-electron chi connectivity index (χ3n) is 4.43. The third kappa shape index (κ3) is 3.88. The van der Waals surface area contributed by atoms with E-state index in [0.717, 1.165) is 25.8 Å². The number of rotatable bonds is 6. The Morgan fingerprint density at radius 1 is 1.08 bits per heavy atom. The first kappa shape index (κ1) is 16.4. The van der Waals surface area contributed by atoms with Gasteiger partial charge in [-0.2, -0.15) is 0 Å². The molecule has 0 spiro atoms. The minimum atomic E-state index is 0.0411. The quantitative estimate of drug-likeness (QED) is 0.818. The first-order valence-electron chi connectivity index (χ1n) is 8.37. The first-order valence-corrected chi connectivity index (χ1v) is 8.37. The van der Waals surface area contributed by atoms with E-state index >= 15 is 0 Å². The lowest BCUT2D eigenvalue weighted by molar-refractivity contribution is -0.134. The average molecular weight is 325 g/mol. The standard InChI is InChI=1S/C20H23NO3/c1-23-18-11-5-6-12-19(18)24-15-20(22)21-13-7-10-17(21)14-16-8-3-2-4-9-16/h2-6,8-9,11-12,17H,7,10,13-15H2,1H3. The summed E-state index contributed by atoms with van der Waals surface area (Å²) in [5, 5.41) is 0. The lowest BCUT2D eigenvalue weighted by Gasteiger charge is -2.25. The van der Waals surface area contributed by atoms with Crippen LogP contribution in [0.4, 0.5) is 0 Å². The van der Waals surface area contributed by atoms with Gasteiger partial charge in [0, 0.05) is 12.6 Å². The van der Waals surface area contributed by atoms with Crippen LogP contribution in [0.3, 0.4) is 0 Å². The minimum absolute atomic E-state index is 0.0411. The van der Waals surface area contributed by atoms with Crippen LogP contribution in [0.2, 0.25) is 0 Å². The Hall–Kier alpha value is -2.49. The molecule has 0 aromatic heterocycles. The second kappa shape index (κ2) is 7.86. The molecule has 1 unspecified atom stereocenters. The first-order chi connectivity index (χ1) is 11.8. The number of carbonyl (C=O) groups is 1. The molecular weight excluding hydrogens is 302 g/mol. The number of para-hydroxylation sites is 2. The number of carbonyl (C=O) groups excluding carboxylic acids is 1. The summed E-state index contributed by atoms with van der Waals surface area (Å²) in [4.78, 5) is 14.5. The molecule has 0 saturated carbocycles. The Morgan fingerprint density at radius 3 is 2.54 bits per heavy atom. The maximum Gasteiger partial charge on any atom is 0.260 e. The summed E-state index contributed by atoms with van der Waals surface area (Å²) < 4.78 is 10.9. The van der Waals surface area contributed by atoms with Gasteiger partial charge < -0.3 is 14.4 Å². The summed E-state index contributed by atoms with van der Waals surface area (Å²) in [7, 11) is 1.60. The van der Waals surface area contributed by atoms with Gasteiger partial charge in [0.25, 0.3) is 5.91 Å². The molecule has 3 rings (SSSR count). The number of likely N-dealkylation sites (tertiary alicyclic amines) is 1. The van der Waals surface area contributed by atoms with Crippen molar-refractivity contribution in [3.8, 4) is 11.5 Å². The van der Waals surface area contributed by atoms with Crippen molar-refractivity contribution in [1.82, 2.24) is 4.90 Å². The summed E-state index contributed by atoms with van der Waals surface area (Å²) in [6.45, 7) is 0.858. The number of methoxy groups -OCH3 is 1. The highest BCUT2D eigenvalue weighted by atomic mass is 16.5. The number of hydrogen-bond acceptors (Lipinski definition) is 3. The summed E-state index contributed by atoms with van der Waals surface area (Å²) in [5.74, 6) is 1.29. The van der Waals surface area contributed by atoms with E-state index in [0.29, 0.717) is 11.5 Å². The molecule has 0 N–H and O–H groups in total. The predicted octanol–water partition coefficient (Wildman–Crippen LogP) is 3.31. The third-order valence-corrected chi connectivity index (χ3v) is 4.43. The molecule has 4 nitrogen and oxygen atoms in total. The molecular formula is C20H23NO3. The second-order valence-corrected chi connectivity index (χ2v) is 6.01. The van der Waals surface area contributed by atoms with E-state index in [1.807, 2.05) is 47.4 Å². The fraction of sp³-hybridized carbons (Fsp3) is 0.350. The monoisotopic (exact) mass is 325 g/mol. The molecule has 1 heterocycles. The number of nitrogens with zero attached hydrogens (tertiary/aromatic N) is 1. The number of hydrogen-bond donors (Lipinski definition) is 0. The van der Waals surface area contributed by atoms with Gasteiger partial charge in [0.1, 0.15) is 0 Å². The van der Waals surface area contributed by atoms with Crippen molar-refractivity contribution in [3.05, 3.63) is 60.2 Å². The molecule has 1 saturated heterocycles. The van der Waals surface area contributed by atoms with Gasteiger partial charge in [0.2, 0.25) is 0 Å². The van der Waals surface area contributed by atoms with E-state index in [9.17, 15) is 4.79 Å². The van der Waals surface area contributed by atoms with Crippen LogP contribution < -0.4 is 9.47 Å². The number of ether oxygens (including phenoxy) is 2. The molecule has 1 aliphatic heterocycles. The topological polar surface area (TPSA) is 38.8 Å². The van der Waals surface area contributed by atoms with Crippen molar-refractivity contribution >= 4 is 5.91 Å². The van der Waals surface area contributed by atoms with Crippen LogP contribution in [0.25, 0.3) is 0 Å². The zero-order valence-electron chi connectivity index (χ0n) is 14.0. The predicted molar refractivity (Wildman–Crippen MR) is 93.4 cm³/mol. The van der Waals surface area contributed by atoms with Gasteiger partial charge in [0.15, 0.2) is 18.1 Å². The summed E-state index contributed by atoms with van der Waals surface area (Å²) in [6.07, 6.45) is 3.01. The molecule has 1 aliphatic rings. The van der Waals surface area contributed by atoms with Crippen LogP contribution >= 0.6 is 0 Å². The highest BCUT2D eigenvalue weighted by Gasteiger charge is 2.29. The SMILES string of the molecule is COc1ccccc1OCC(=O)N1CCCC1Cc1ccccc1. The summed E-state index contributed by atoms with van der Waals surface area (Å²) in [6, 6.07) is 18.0. The Balaban J connectivity index is 1.59. The zero-order chi connectivity index (χ0) is 16.8. The lowest BCUT2D eigenvalue weighted by atomic mass is 10.0. The Morgan fingerprint density at radius 2 is 1.79 bits per heavy atom. The fourth-order valence-electron chi connectivity index (χ4n) is 3.22. The molecule has 0 radical (unpaired) electrons. The van der Waals surface area contributed by atoms with Crippen LogP contribution in [0.1, 0.15) is 18.4 Å². The average Bonchev–Trinajstić information content (AvgIpc) is 3.09. The Bertz CT molecular complexity index is 672. The van der Waals surface area contributed by atoms with E-state index in [1.54, 1.807) is 7.11 Å². The molecule has 4 heteroatoms. The van der Waals surface area contributed by atoms with E-state index in [4.69, 9.17) is 9.47 Å². The summed E-state index contributed by atoms with van der Waals surface area (Å²) >= 11 is 0. The maximum atomic E-state index is 12.6. The normalized spacial score (nSPS) is 16.9. The van der Waals surface area contributed by atoms with Gasteiger partial charge in [-0.1, -0.05) is 42.5 Å². The number of benzene rings is 2. The highest BCUT2D eigenvalue weighted by Crippen LogP contribution is 2.26. The molecule has 1 atom stereocenters. The molecule has 126 valence electrons. The summed E-state index contributed by atoms with van der Waals surface area (Å²) in [5.41, 5.74) is 1.27. The van der Waals surface area contributed by atoms with E-state index in [1.165, 1.54) is 5.56 Å². The second-order valence-electron chi connectivity index (χ2n) is 6.01. The molecule has 1 fully saturated rings. The van der Waals surface area contributed by atoms with Crippen molar-refractivity contribution in [3.63, 3.8) is 0 Å². The van der Waals surface area contributed by atoms with Crippen LogP contribution in [0, 0.1) is 0 Å². The van der Waals surface area contributed by atoms with Gasteiger partial charge in [-0.25, -0.2) is 0 Å². The number of amides is 1. The van der Waals surface area contributed by atoms with Crippen LogP contribution in [0.15, 0.2) is 54.6 Å². The van der Waals surface area contributed by atoms with Crippen molar-refractivity contribution in [2.45, 2.75) is 25.3 Å². The van der Waals surface area contributed by atoms with Gasteiger partial charge in [-0.15, -0.1) is 0 Å². The minimum Gasteiger partial charge on any atom is -0.493 e. The van der Waals surface area contributed by atoms with Crippen molar-refractivity contribution in [2.75, 3.05) is 20.3 Å². The molecule has 1 amide bonds. The molecule has 0 aliphatic carbocycles. The van der Waals surface area contributed by atoms with Crippen LogP contribution in [-0.2, 0) is 11.2 Å². The molecule has 0 bridgehead atoms. The molecule has 2 aromatic carbocycles. The van der Waals surface area contributed by atoms with Gasteiger partial charge >= 0.3 is 0 Å². The zero-order valence-corrected chi connectivity index (χ0v) is 14.0. The van der Waals surface area contributed by atoms with Crippen LogP contribution in [0.5, 0.6) is 11.5 Å². The van der Waals surface area contributed by atoms with Crippen molar-refractivity contribution in [2.24, 2.45) is 0 Å². The van der Waals surface area contributed by atoms with Gasteiger partial charge in [-0.3, -0.25) is 4.79 Å². The van der Waals surface area contributed by atoms with E-state index in [2.05, 4.69) is 12.1 Å². The smallest absolute Gasteiger partial charge is 0.260 e. The van der Waals surface area contributed by atoms with Crippen molar-refractivity contribution < 1.29 is 14.3 Å². The van der Waals surface area contributed by atoms with Crippen LogP contribution in [-0.4, -0.2) is 37.1 Å². The van der Waals surface area contributed by atoms with E-state index < -0.39 is 0 Å². The maximum absolute atomic E-state index is 12.6. The largest absolute Gasteiger partial charge is 0.493 e. The Kier molecular flexibility index (Phi) is 5.36. The fourth-order valence-corrected chi connectivity index (χ4v) is 3.22.